The molecule has 1 aliphatic rings. The molecule has 1 aromatic carbocycles. The minimum Gasteiger partial charge on any atom is -0.396 e. The fraction of sp³-hybridized carbons (Fsp3) is 0.455. The van der Waals surface area contributed by atoms with Gasteiger partial charge in [0.25, 0.3) is 0 Å². The maximum Gasteiger partial charge on any atom is 0.0748 e. The molecule has 0 unspecified atom stereocenters. The number of ether oxygens (including phenoxy) is 1. The second-order valence-electron chi connectivity index (χ2n) is 3.86. The lowest BCUT2D eigenvalue weighted by atomic mass is 10.2. The Bertz CT molecular complexity index is 380. The average molecular weight is 306 g/mol. The van der Waals surface area contributed by atoms with Gasteiger partial charge in [0.1, 0.15) is 0 Å². The molecule has 0 spiro atoms. The Kier molecular flexibility index (Phi) is 3.95. The van der Waals surface area contributed by atoms with E-state index in [2.05, 4.69) is 21.2 Å². The first kappa shape index (κ1) is 12.0. The van der Waals surface area contributed by atoms with Gasteiger partial charge in [-0.25, -0.2) is 0 Å². The summed E-state index contributed by atoms with van der Waals surface area (Å²) in [6, 6.07) is 3.71. The van der Waals surface area contributed by atoms with Gasteiger partial charge in [0.2, 0.25) is 0 Å². The first-order valence-electron chi connectivity index (χ1n) is 5.27. The van der Waals surface area contributed by atoms with E-state index in [0.29, 0.717) is 10.7 Å². The molecule has 1 aromatic rings. The van der Waals surface area contributed by atoms with E-state index in [1.807, 2.05) is 6.07 Å². The Hall–Kier alpha value is -0.450. The number of nitrogen functional groups attached to an aromatic ring is 1. The topological polar surface area (TPSA) is 47.3 Å². The third-order valence-electron chi connectivity index (χ3n) is 2.64. The predicted octanol–water partition coefficient (Wildman–Crippen LogP) is 3.28. The molecule has 0 aliphatic carbocycles. The molecule has 0 aromatic heterocycles. The van der Waals surface area contributed by atoms with Crippen LogP contribution >= 0.6 is 27.5 Å². The van der Waals surface area contributed by atoms with E-state index in [9.17, 15) is 0 Å². The van der Waals surface area contributed by atoms with Crippen molar-refractivity contribution in [2.75, 3.05) is 24.2 Å². The van der Waals surface area contributed by atoms with E-state index in [-0.39, 0.29) is 6.10 Å². The zero-order valence-corrected chi connectivity index (χ0v) is 11.1. The summed E-state index contributed by atoms with van der Waals surface area (Å²) in [5, 5.41) is 3.83. The molecule has 1 atom stereocenters. The Balaban J connectivity index is 2.02. The summed E-state index contributed by atoms with van der Waals surface area (Å²) < 4.78 is 6.45. The van der Waals surface area contributed by atoms with Gasteiger partial charge in [0, 0.05) is 17.6 Å². The molecule has 88 valence electrons. The molecule has 0 saturated carbocycles. The zero-order chi connectivity index (χ0) is 11.5. The molecule has 1 fully saturated rings. The number of hydrogen-bond donors (Lipinski definition) is 2. The van der Waals surface area contributed by atoms with Crippen molar-refractivity contribution in [3.05, 3.63) is 21.6 Å². The van der Waals surface area contributed by atoms with E-state index >= 15 is 0 Å². The van der Waals surface area contributed by atoms with Crippen molar-refractivity contribution in [1.29, 1.82) is 0 Å². The second kappa shape index (κ2) is 5.25. The minimum atomic E-state index is 0.289. The molecule has 2 rings (SSSR count). The zero-order valence-electron chi connectivity index (χ0n) is 8.80. The number of halogens is 2. The van der Waals surface area contributed by atoms with Crippen LogP contribution in [-0.4, -0.2) is 19.3 Å². The average Bonchev–Trinajstić information content (AvgIpc) is 2.74. The molecule has 5 heteroatoms. The van der Waals surface area contributed by atoms with Crippen LogP contribution in [0.5, 0.6) is 0 Å². The van der Waals surface area contributed by atoms with E-state index in [1.54, 1.807) is 6.07 Å². The van der Waals surface area contributed by atoms with Gasteiger partial charge in [-0.05, 0) is 25.0 Å². The number of benzene rings is 1. The largest absolute Gasteiger partial charge is 0.396 e. The lowest BCUT2D eigenvalue weighted by molar-refractivity contribution is 0.120. The first-order valence-corrected chi connectivity index (χ1v) is 6.44. The SMILES string of the molecule is Nc1c(Cl)cc(Br)cc1NC[C@@H]1CCCO1. The Morgan fingerprint density at radius 3 is 3.06 bits per heavy atom. The molecule has 0 amide bonds. The highest BCUT2D eigenvalue weighted by Gasteiger charge is 2.15. The van der Waals surface area contributed by atoms with E-state index in [1.165, 1.54) is 0 Å². The van der Waals surface area contributed by atoms with Gasteiger partial charge >= 0.3 is 0 Å². The van der Waals surface area contributed by atoms with Crippen LogP contribution in [0.3, 0.4) is 0 Å². The van der Waals surface area contributed by atoms with Crippen molar-refractivity contribution in [3.8, 4) is 0 Å². The van der Waals surface area contributed by atoms with Crippen LogP contribution < -0.4 is 11.1 Å². The van der Waals surface area contributed by atoms with E-state index in [4.69, 9.17) is 22.1 Å². The summed E-state index contributed by atoms with van der Waals surface area (Å²) in [7, 11) is 0. The lowest BCUT2D eigenvalue weighted by Gasteiger charge is -2.14. The number of rotatable bonds is 3. The maximum atomic E-state index is 5.99. The van der Waals surface area contributed by atoms with Crippen molar-refractivity contribution >= 4 is 38.9 Å². The Morgan fingerprint density at radius 1 is 1.56 bits per heavy atom. The summed E-state index contributed by atoms with van der Waals surface area (Å²) in [4.78, 5) is 0. The molecule has 1 saturated heterocycles. The molecule has 1 aliphatic heterocycles. The number of hydrogen-bond acceptors (Lipinski definition) is 3. The normalized spacial score (nSPS) is 20.0. The summed E-state index contributed by atoms with van der Waals surface area (Å²) >= 11 is 9.38. The fourth-order valence-electron chi connectivity index (χ4n) is 1.76. The first-order chi connectivity index (χ1) is 7.66. The van der Waals surface area contributed by atoms with Crippen LogP contribution in [0.4, 0.5) is 11.4 Å². The van der Waals surface area contributed by atoms with Crippen LogP contribution in [0.15, 0.2) is 16.6 Å². The minimum absolute atomic E-state index is 0.289. The highest BCUT2D eigenvalue weighted by Crippen LogP contribution is 2.31. The van der Waals surface area contributed by atoms with Gasteiger partial charge in [-0.3, -0.25) is 0 Å². The lowest BCUT2D eigenvalue weighted by Crippen LogP contribution is -2.19. The smallest absolute Gasteiger partial charge is 0.0748 e. The van der Waals surface area contributed by atoms with Crippen LogP contribution in [0.25, 0.3) is 0 Å². The van der Waals surface area contributed by atoms with Crippen molar-refractivity contribution in [2.45, 2.75) is 18.9 Å². The third-order valence-corrected chi connectivity index (χ3v) is 3.41. The van der Waals surface area contributed by atoms with Gasteiger partial charge in [-0.1, -0.05) is 27.5 Å². The van der Waals surface area contributed by atoms with E-state index < -0.39 is 0 Å². The molecule has 0 radical (unpaired) electrons. The van der Waals surface area contributed by atoms with Crippen molar-refractivity contribution in [2.24, 2.45) is 0 Å². The fourth-order valence-corrected chi connectivity index (χ4v) is 2.57. The molecular formula is C11H14BrClN2O. The highest BCUT2D eigenvalue weighted by molar-refractivity contribution is 9.10. The van der Waals surface area contributed by atoms with Crippen molar-refractivity contribution in [1.82, 2.24) is 0 Å². The van der Waals surface area contributed by atoms with Gasteiger partial charge in [0.05, 0.1) is 22.5 Å². The summed E-state index contributed by atoms with van der Waals surface area (Å²) in [5.41, 5.74) is 7.32. The van der Waals surface area contributed by atoms with Crippen molar-refractivity contribution < 1.29 is 4.74 Å². The van der Waals surface area contributed by atoms with Crippen molar-refractivity contribution in [3.63, 3.8) is 0 Å². The predicted molar refractivity (Wildman–Crippen MR) is 71.0 cm³/mol. The van der Waals surface area contributed by atoms with Crippen LogP contribution in [0, 0.1) is 0 Å². The number of nitrogens with two attached hydrogens (primary N) is 1. The number of anilines is 2. The molecule has 3 nitrogen and oxygen atoms in total. The monoisotopic (exact) mass is 304 g/mol. The molecule has 0 bridgehead atoms. The van der Waals surface area contributed by atoms with E-state index in [0.717, 1.165) is 36.2 Å². The van der Waals surface area contributed by atoms with Gasteiger partial charge < -0.3 is 15.8 Å². The Morgan fingerprint density at radius 2 is 2.38 bits per heavy atom. The summed E-state index contributed by atoms with van der Waals surface area (Å²) in [6.45, 7) is 1.64. The summed E-state index contributed by atoms with van der Waals surface area (Å²) in [5.74, 6) is 0. The van der Waals surface area contributed by atoms with Gasteiger partial charge in [-0.15, -0.1) is 0 Å². The van der Waals surface area contributed by atoms with Crippen LogP contribution in [0.1, 0.15) is 12.8 Å². The highest BCUT2D eigenvalue weighted by atomic mass is 79.9. The molecule has 1 heterocycles. The Labute approximate surface area is 108 Å². The molecular weight excluding hydrogens is 291 g/mol. The second-order valence-corrected chi connectivity index (χ2v) is 5.19. The standard InChI is InChI=1S/C11H14BrClN2O/c12-7-4-9(13)11(14)10(5-7)15-6-8-2-1-3-16-8/h4-5,8,15H,1-3,6,14H2/t8-/m0/s1. The summed E-state index contributed by atoms with van der Waals surface area (Å²) in [6.07, 6.45) is 2.53. The van der Waals surface area contributed by atoms with Crippen LogP contribution in [-0.2, 0) is 4.74 Å². The van der Waals surface area contributed by atoms with Gasteiger partial charge in [-0.2, -0.15) is 0 Å². The number of nitrogens with one attached hydrogen (secondary N) is 1. The maximum absolute atomic E-state index is 5.99. The third kappa shape index (κ3) is 2.81. The molecule has 16 heavy (non-hydrogen) atoms. The quantitative estimate of drug-likeness (QED) is 0.843. The molecule has 3 N–H and O–H groups in total. The van der Waals surface area contributed by atoms with Crippen LogP contribution in [0.2, 0.25) is 5.02 Å². The van der Waals surface area contributed by atoms with Gasteiger partial charge in [0.15, 0.2) is 0 Å².